The Hall–Kier alpha value is -3.81. The molecule has 0 unspecified atom stereocenters. The summed E-state index contributed by atoms with van der Waals surface area (Å²) in [5.41, 5.74) is 0.921. The van der Waals surface area contributed by atoms with Crippen molar-refractivity contribution in [1.29, 1.82) is 0 Å². The molecule has 0 bridgehead atoms. The van der Waals surface area contributed by atoms with Gasteiger partial charge in [0.15, 0.2) is 5.70 Å². The van der Waals surface area contributed by atoms with E-state index < -0.39 is 16.9 Å². The fraction of sp³-hybridized carbons (Fsp3) is 0.0556. The molecule has 2 aromatic rings. The van der Waals surface area contributed by atoms with E-state index in [1.54, 1.807) is 30.3 Å². The van der Waals surface area contributed by atoms with Gasteiger partial charge in [0.2, 0.25) is 5.90 Å². The molecule has 1 heterocycles. The van der Waals surface area contributed by atoms with Crippen LogP contribution in [0.1, 0.15) is 18.1 Å². The lowest BCUT2D eigenvalue weighted by molar-refractivity contribution is -0.384. The Labute approximate surface area is 147 Å². The van der Waals surface area contributed by atoms with Crippen LogP contribution in [-0.4, -0.2) is 22.8 Å². The van der Waals surface area contributed by atoms with E-state index in [0.717, 1.165) is 0 Å². The third-order valence-corrected chi connectivity index (χ3v) is 3.37. The molecule has 8 heteroatoms. The van der Waals surface area contributed by atoms with Crippen LogP contribution in [0.15, 0.2) is 59.2 Å². The molecule has 0 radical (unpaired) electrons. The molecular weight excluding hydrogens is 340 g/mol. The van der Waals surface area contributed by atoms with E-state index in [4.69, 9.17) is 9.47 Å². The van der Waals surface area contributed by atoms with Gasteiger partial charge in [0.25, 0.3) is 5.69 Å². The highest BCUT2D eigenvalue weighted by atomic mass is 16.6. The maximum Gasteiger partial charge on any atom is 0.363 e. The molecule has 1 aliphatic rings. The lowest BCUT2D eigenvalue weighted by Crippen LogP contribution is -2.05. The van der Waals surface area contributed by atoms with E-state index >= 15 is 0 Å². The number of nitro benzene ring substituents is 1. The lowest BCUT2D eigenvalue weighted by Gasteiger charge is -2.00. The molecule has 130 valence electrons. The van der Waals surface area contributed by atoms with Gasteiger partial charge in [-0.1, -0.05) is 18.2 Å². The van der Waals surface area contributed by atoms with Gasteiger partial charge in [0.05, 0.1) is 4.92 Å². The molecule has 0 aromatic heterocycles. The van der Waals surface area contributed by atoms with Gasteiger partial charge in [-0.25, -0.2) is 9.79 Å². The third-order valence-electron chi connectivity index (χ3n) is 3.37. The number of rotatable bonds is 4. The summed E-state index contributed by atoms with van der Waals surface area (Å²) in [7, 11) is 0. The first-order valence-corrected chi connectivity index (χ1v) is 7.48. The second kappa shape index (κ2) is 6.98. The van der Waals surface area contributed by atoms with Gasteiger partial charge in [-0.05, 0) is 29.8 Å². The van der Waals surface area contributed by atoms with Crippen molar-refractivity contribution in [1.82, 2.24) is 0 Å². The van der Waals surface area contributed by atoms with E-state index in [-0.39, 0.29) is 17.3 Å². The van der Waals surface area contributed by atoms with E-state index in [1.165, 1.54) is 31.2 Å². The van der Waals surface area contributed by atoms with Crippen LogP contribution in [0, 0.1) is 10.1 Å². The highest BCUT2D eigenvalue weighted by molar-refractivity contribution is 6.13. The minimum Gasteiger partial charge on any atom is -0.427 e. The Bertz CT molecular complexity index is 960. The minimum absolute atomic E-state index is 0.00137. The molecule has 2 aromatic carbocycles. The van der Waals surface area contributed by atoms with Crippen molar-refractivity contribution in [2.24, 2.45) is 4.99 Å². The summed E-state index contributed by atoms with van der Waals surface area (Å²) >= 11 is 0. The molecule has 0 saturated heterocycles. The fourth-order valence-electron chi connectivity index (χ4n) is 2.24. The van der Waals surface area contributed by atoms with Crippen molar-refractivity contribution in [3.05, 3.63) is 75.5 Å². The van der Waals surface area contributed by atoms with Crippen LogP contribution in [0.5, 0.6) is 5.75 Å². The number of carbonyl (C=O) groups is 2. The molecule has 0 aliphatic carbocycles. The maximum absolute atomic E-state index is 12.0. The van der Waals surface area contributed by atoms with Gasteiger partial charge in [0, 0.05) is 24.6 Å². The number of non-ortho nitro benzene ring substituents is 1. The third kappa shape index (κ3) is 3.81. The number of hydrogen-bond acceptors (Lipinski definition) is 7. The number of carbonyl (C=O) groups excluding carboxylic acids is 2. The van der Waals surface area contributed by atoms with Crippen molar-refractivity contribution in [2.75, 3.05) is 0 Å². The van der Waals surface area contributed by atoms with Gasteiger partial charge in [-0.15, -0.1) is 0 Å². The van der Waals surface area contributed by atoms with E-state index in [2.05, 4.69) is 4.99 Å². The van der Waals surface area contributed by atoms with Crippen LogP contribution < -0.4 is 4.74 Å². The Morgan fingerprint density at radius 2 is 1.96 bits per heavy atom. The average molecular weight is 352 g/mol. The topological polar surface area (TPSA) is 108 Å². The summed E-state index contributed by atoms with van der Waals surface area (Å²) in [5.74, 6) is -0.701. The monoisotopic (exact) mass is 352 g/mol. The molecule has 3 rings (SSSR count). The molecule has 0 spiro atoms. The molecule has 0 saturated carbocycles. The Morgan fingerprint density at radius 3 is 2.62 bits per heavy atom. The predicted octanol–water partition coefficient (Wildman–Crippen LogP) is 2.86. The quantitative estimate of drug-likeness (QED) is 0.275. The number of nitro groups is 1. The average Bonchev–Trinajstić information content (AvgIpc) is 2.97. The maximum atomic E-state index is 12.0. The van der Waals surface area contributed by atoms with Gasteiger partial charge < -0.3 is 9.47 Å². The van der Waals surface area contributed by atoms with Crippen LogP contribution in [0.25, 0.3) is 6.08 Å². The van der Waals surface area contributed by atoms with Crippen LogP contribution in [0.2, 0.25) is 0 Å². The Morgan fingerprint density at radius 1 is 1.23 bits per heavy atom. The van der Waals surface area contributed by atoms with Crippen LogP contribution in [-0.2, 0) is 14.3 Å². The van der Waals surface area contributed by atoms with Gasteiger partial charge in [-0.3, -0.25) is 14.9 Å². The smallest absolute Gasteiger partial charge is 0.363 e. The van der Waals surface area contributed by atoms with Crippen molar-refractivity contribution >= 4 is 29.6 Å². The van der Waals surface area contributed by atoms with Crippen molar-refractivity contribution in [3.8, 4) is 5.75 Å². The number of hydrogen-bond donors (Lipinski definition) is 0. The molecule has 1 aliphatic heterocycles. The zero-order chi connectivity index (χ0) is 18.7. The second-order valence-corrected chi connectivity index (χ2v) is 5.31. The van der Waals surface area contributed by atoms with E-state index in [9.17, 15) is 19.7 Å². The molecule has 0 atom stereocenters. The zero-order valence-corrected chi connectivity index (χ0v) is 13.5. The first-order chi connectivity index (χ1) is 12.4. The SMILES string of the molecule is CC(=O)Oc1ccc(/C=C2\N=C(c3cccc([N+](=O)[O-])c3)OC2=O)cc1. The van der Waals surface area contributed by atoms with Gasteiger partial charge >= 0.3 is 11.9 Å². The van der Waals surface area contributed by atoms with Crippen LogP contribution in [0.4, 0.5) is 5.69 Å². The van der Waals surface area contributed by atoms with Crippen molar-refractivity contribution < 1.29 is 24.0 Å². The summed E-state index contributed by atoms with van der Waals surface area (Å²) in [4.78, 5) is 37.3. The standard InChI is InChI=1S/C18H12N2O6/c1-11(21)25-15-7-5-12(6-8-15)9-16-18(22)26-17(19-16)13-3-2-4-14(10-13)20(23)24/h2-10H,1H3/b16-9-. The number of ether oxygens (including phenoxy) is 2. The van der Waals surface area contributed by atoms with Crippen LogP contribution in [0.3, 0.4) is 0 Å². The summed E-state index contributed by atoms with van der Waals surface area (Å²) in [5, 5.41) is 10.8. The summed E-state index contributed by atoms with van der Waals surface area (Å²) in [6.07, 6.45) is 1.50. The fourth-order valence-corrected chi connectivity index (χ4v) is 2.24. The van der Waals surface area contributed by atoms with Gasteiger partial charge in [-0.2, -0.15) is 0 Å². The minimum atomic E-state index is -0.657. The number of aliphatic imine (C=N–C) groups is 1. The Kier molecular flexibility index (Phi) is 4.57. The molecule has 8 nitrogen and oxygen atoms in total. The Balaban J connectivity index is 1.85. The van der Waals surface area contributed by atoms with Gasteiger partial charge in [0.1, 0.15) is 5.75 Å². The number of cyclic esters (lactones) is 1. The molecular formula is C18H12N2O6. The second-order valence-electron chi connectivity index (χ2n) is 5.31. The lowest BCUT2D eigenvalue weighted by atomic mass is 10.2. The largest absolute Gasteiger partial charge is 0.427 e. The highest BCUT2D eigenvalue weighted by Crippen LogP contribution is 2.22. The normalized spacial score (nSPS) is 14.7. The number of nitrogens with zero attached hydrogens (tertiary/aromatic N) is 2. The predicted molar refractivity (Wildman–Crippen MR) is 91.5 cm³/mol. The molecule has 0 fully saturated rings. The van der Waals surface area contributed by atoms with Crippen molar-refractivity contribution in [3.63, 3.8) is 0 Å². The van der Waals surface area contributed by atoms with Crippen molar-refractivity contribution in [2.45, 2.75) is 6.92 Å². The highest BCUT2D eigenvalue weighted by Gasteiger charge is 2.25. The van der Waals surface area contributed by atoms with E-state index in [0.29, 0.717) is 16.9 Å². The van der Waals surface area contributed by atoms with E-state index in [1.807, 2.05) is 0 Å². The first-order valence-electron chi connectivity index (χ1n) is 7.48. The number of benzene rings is 2. The number of esters is 2. The molecule has 0 N–H and O–H groups in total. The zero-order valence-electron chi connectivity index (χ0n) is 13.5. The molecule has 0 amide bonds. The molecule has 26 heavy (non-hydrogen) atoms. The first kappa shape index (κ1) is 17.0. The summed E-state index contributed by atoms with van der Waals surface area (Å²) in [6, 6.07) is 12.1. The summed E-state index contributed by atoms with van der Waals surface area (Å²) in [6.45, 7) is 1.30. The van der Waals surface area contributed by atoms with Crippen LogP contribution >= 0.6 is 0 Å². The summed E-state index contributed by atoms with van der Waals surface area (Å²) < 4.78 is 10.0.